The SMILES string of the molecule is CC(CCN(CCCNCc1ccn(C)c(=O)c1O)Cc1ccn(C)c(=O)c1O)C(C)N(Cc1ccn(C)c(=O)c1O)C(C)C(C)C(C)NCc1ccn(C)c(=O)c1O. The van der Waals surface area contributed by atoms with Crippen LogP contribution in [-0.4, -0.2) is 86.3 Å². The summed E-state index contributed by atoms with van der Waals surface area (Å²) in [5, 5.41) is 49.2. The van der Waals surface area contributed by atoms with Crippen molar-refractivity contribution in [1.29, 1.82) is 0 Å². The van der Waals surface area contributed by atoms with E-state index in [1.54, 1.807) is 77.2 Å². The molecular formula is C43H64N8O8. The molecule has 0 aromatic carbocycles. The second-order valence-corrected chi connectivity index (χ2v) is 16.2. The van der Waals surface area contributed by atoms with E-state index in [2.05, 4.69) is 55.1 Å². The summed E-state index contributed by atoms with van der Waals surface area (Å²) in [5.74, 6) is -0.970. The van der Waals surface area contributed by atoms with Gasteiger partial charge in [0.15, 0.2) is 23.0 Å². The lowest BCUT2D eigenvalue weighted by molar-refractivity contribution is 0.0606. The molecule has 0 radical (unpaired) electrons. The summed E-state index contributed by atoms with van der Waals surface area (Å²) in [6.45, 7) is 13.8. The maximum atomic E-state index is 12.8. The van der Waals surface area contributed by atoms with Gasteiger partial charge in [-0.15, -0.1) is 0 Å². The van der Waals surface area contributed by atoms with Crippen LogP contribution in [0.2, 0.25) is 0 Å². The maximum absolute atomic E-state index is 12.8. The molecule has 0 amide bonds. The summed E-state index contributed by atoms with van der Waals surface area (Å²) in [5.41, 5.74) is 0.231. The average Bonchev–Trinajstić information content (AvgIpc) is 3.22. The second kappa shape index (κ2) is 20.7. The zero-order chi connectivity index (χ0) is 43.7. The molecule has 16 nitrogen and oxygen atoms in total. The first-order chi connectivity index (χ1) is 27.8. The number of aromatic hydroxyl groups is 4. The third kappa shape index (κ3) is 11.5. The number of aromatic nitrogens is 4. The molecule has 4 heterocycles. The van der Waals surface area contributed by atoms with E-state index >= 15 is 0 Å². The van der Waals surface area contributed by atoms with Crippen molar-refractivity contribution in [3.05, 3.63) is 113 Å². The van der Waals surface area contributed by atoms with Gasteiger partial charge in [0.2, 0.25) is 0 Å². The fourth-order valence-electron chi connectivity index (χ4n) is 7.30. The quantitative estimate of drug-likeness (QED) is 0.0673. The van der Waals surface area contributed by atoms with E-state index in [4.69, 9.17) is 0 Å². The molecule has 4 aromatic heterocycles. The molecule has 0 aliphatic carbocycles. The number of aryl methyl sites for hydroxylation is 4. The van der Waals surface area contributed by atoms with E-state index in [1.807, 2.05) is 0 Å². The van der Waals surface area contributed by atoms with E-state index in [1.165, 1.54) is 18.3 Å². The largest absolute Gasteiger partial charge is 0.503 e. The minimum atomic E-state index is -0.471. The predicted molar refractivity (Wildman–Crippen MR) is 229 cm³/mol. The number of rotatable bonds is 21. The van der Waals surface area contributed by atoms with Crippen LogP contribution in [-0.2, 0) is 54.4 Å². The summed E-state index contributed by atoms with van der Waals surface area (Å²) >= 11 is 0. The molecule has 0 aliphatic heterocycles. The van der Waals surface area contributed by atoms with Crippen LogP contribution in [0.25, 0.3) is 0 Å². The molecular weight excluding hydrogens is 757 g/mol. The molecule has 0 saturated carbocycles. The summed E-state index contributed by atoms with van der Waals surface area (Å²) in [4.78, 5) is 54.4. The van der Waals surface area contributed by atoms with E-state index in [-0.39, 0.29) is 53.0 Å². The second-order valence-electron chi connectivity index (χ2n) is 16.2. The first kappa shape index (κ1) is 46.5. The highest BCUT2D eigenvalue weighted by atomic mass is 16.3. The molecule has 0 spiro atoms. The third-order valence-corrected chi connectivity index (χ3v) is 12.1. The lowest BCUT2D eigenvalue weighted by atomic mass is 9.89. The Morgan fingerprint density at radius 3 is 1.49 bits per heavy atom. The third-order valence-electron chi connectivity index (χ3n) is 12.1. The smallest absolute Gasteiger partial charge is 0.292 e. The lowest BCUT2D eigenvalue weighted by Gasteiger charge is -2.42. The van der Waals surface area contributed by atoms with E-state index in [9.17, 15) is 39.6 Å². The van der Waals surface area contributed by atoms with E-state index < -0.39 is 22.2 Å². The van der Waals surface area contributed by atoms with Crippen molar-refractivity contribution < 1.29 is 20.4 Å². The standard InChI is InChI=1S/C43H64N8O8/c1-27(11-22-50(25-34-14-20-48(8)42(58)38(34)54)17-10-16-44-23-32-12-18-46(6)40(56)36(32)52)30(4)51(26-35-15-21-49(9)43(59)39(35)55)31(5)28(2)29(3)45-24-33-13-19-47(7)41(57)37(33)53/h12-15,18-21,27-31,44-45,52-55H,10-11,16-17,22-26H2,1-9H3. The molecule has 59 heavy (non-hydrogen) atoms. The van der Waals surface area contributed by atoms with Gasteiger partial charge in [-0.3, -0.25) is 29.0 Å². The van der Waals surface area contributed by atoms with Crippen LogP contribution in [0.3, 0.4) is 0 Å². The van der Waals surface area contributed by atoms with Crippen LogP contribution in [0, 0.1) is 11.8 Å². The van der Waals surface area contributed by atoms with Gasteiger partial charge in [-0.2, -0.15) is 0 Å². The number of nitrogens with one attached hydrogen (secondary N) is 2. The molecule has 4 rings (SSSR count). The van der Waals surface area contributed by atoms with Crippen molar-refractivity contribution >= 4 is 0 Å². The Labute approximate surface area is 345 Å². The number of hydrogen-bond acceptors (Lipinski definition) is 12. The molecule has 324 valence electrons. The molecule has 0 aliphatic rings. The van der Waals surface area contributed by atoms with Crippen LogP contribution in [0.15, 0.2) is 68.2 Å². The zero-order valence-corrected chi connectivity index (χ0v) is 36.0. The molecule has 5 unspecified atom stereocenters. The van der Waals surface area contributed by atoms with Crippen LogP contribution < -0.4 is 32.9 Å². The van der Waals surface area contributed by atoms with Crippen molar-refractivity contribution in [1.82, 2.24) is 38.7 Å². The highest BCUT2D eigenvalue weighted by Gasteiger charge is 2.31. The average molecular weight is 821 g/mol. The fraction of sp³-hybridized carbons (Fsp3) is 0.535. The van der Waals surface area contributed by atoms with Gasteiger partial charge in [0.1, 0.15) is 0 Å². The maximum Gasteiger partial charge on any atom is 0.292 e. The van der Waals surface area contributed by atoms with E-state index in [0.717, 1.165) is 6.42 Å². The topological polar surface area (TPSA) is 199 Å². The van der Waals surface area contributed by atoms with Crippen LogP contribution >= 0.6 is 0 Å². The van der Waals surface area contributed by atoms with Gasteiger partial charge in [0.25, 0.3) is 22.2 Å². The summed E-state index contributed by atoms with van der Waals surface area (Å²) in [7, 11) is 6.36. The zero-order valence-electron chi connectivity index (χ0n) is 36.0. The predicted octanol–water partition coefficient (Wildman–Crippen LogP) is 2.41. The first-order valence-electron chi connectivity index (χ1n) is 20.3. The van der Waals surface area contributed by atoms with Crippen molar-refractivity contribution in [2.75, 3.05) is 19.6 Å². The molecule has 5 atom stereocenters. The number of nitrogens with zero attached hydrogens (tertiary/aromatic N) is 6. The van der Waals surface area contributed by atoms with Crippen molar-refractivity contribution in [3.63, 3.8) is 0 Å². The molecule has 4 aromatic rings. The Morgan fingerprint density at radius 1 is 0.576 bits per heavy atom. The van der Waals surface area contributed by atoms with Gasteiger partial charge in [-0.25, -0.2) is 0 Å². The monoisotopic (exact) mass is 820 g/mol. The van der Waals surface area contributed by atoms with Gasteiger partial charge < -0.3 is 49.3 Å². The fourth-order valence-corrected chi connectivity index (χ4v) is 7.30. The normalized spacial score (nSPS) is 14.4. The Balaban J connectivity index is 1.51. The Morgan fingerprint density at radius 2 is 1.00 bits per heavy atom. The minimum absolute atomic E-state index is 0.0310. The molecule has 0 saturated heterocycles. The Bertz CT molecular complexity index is 2280. The molecule has 0 bridgehead atoms. The summed E-state index contributed by atoms with van der Waals surface area (Å²) < 4.78 is 5.34. The van der Waals surface area contributed by atoms with Crippen LogP contribution in [0.1, 0.15) is 69.7 Å². The van der Waals surface area contributed by atoms with Crippen LogP contribution in [0.4, 0.5) is 0 Å². The Hall–Kier alpha value is -5.16. The highest BCUT2D eigenvalue weighted by molar-refractivity contribution is 5.31. The van der Waals surface area contributed by atoms with E-state index in [0.29, 0.717) is 74.5 Å². The van der Waals surface area contributed by atoms with Gasteiger partial charge in [-0.05, 0) is 89.3 Å². The summed E-state index contributed by atoms with van der Waals surface area (Å²) in [6.07, 6.45) is 8.00. The number of pyridine rings is 4. The molecule has 0 fully saturated rings. The van der Waals surface area contributed by atoms with Crippen LogP contribution in [0.5, 0.6) is 23.0 Å². The van der Waals surface area contributed by atoms with Gasteiger partial charge in [0, 0.05) is 120 Å². The van der Waals surface area contributed by atoms with Gasteiger partial charge >= 0.3 is 0 Å². The van der Waals surface area contributed by atoms with Crippen molar-refractivity contribution in [3.8, 4) is 23.0 Å². The highest BCUT2D eigenvalue weighted by Crippen LogP contribution is 2.28. The Kier molecular flexibility index (Phi) is 16.3. The molecule has 16 heteroatoms. The van der Waals surface area contributed by atoms with Gasteiger partial charge in [0.05, 0.1) is 0 Å². The first-order valence-corrected chi connectivity index (χ1v) is 20.3. The summed E-state index contributed by atoms with van der Waals surface area (Å²) in [6, 6.07) is 6.81. The van der Waals surface area contributed by atoms with Gasteiger partial charge in [-0.1, -0.05) is 13.8 Å². The van der Waals surface area contributed by atoms with Crippen molar-refractivity contribution in [2.45, 2.75) is 91.8 Å². The van der Waals surface area contributed by atoms with Crippen molar-refractivity contribution in [2.24, 2.45) is 40.0 Å². The molecule has 6 N–H and O–H groups in total. The lowest BCUT2D eigenvalue weighted by Crippen LogP contribution is -2.50. The number of hydrogen-bond donors (Lipinski definition) is 6. The minimum Gasteiger partial charge on any atom is -0.503 e.